The van der Waals surface area contributed by atoms with Crippen LogP contribution in [0.1, 0.15) is 72.8 Å². The fourth-order valence-corrected chi connectivity index (χ4v) is 8.08. The Labute approximate surface area is 243 Å². The lowest BCUT2D eigenvalue weighted by Crippen LogP contribution is -2.61. The van der Waals surface area contributed by atoms with Gasteiger partial charge in [0.25, 0.3) is 0 Å². The van der Waals surface area contributed by atoms with Crippen molar-refractivity contribution in [2.75, 3.05) is 18.1 Å². The average Bonchev–Trinajstić information content (AvgIpc) is 3.48. The Balaban J connectivity index is 1.44. The summed E-state index contributed by atoms with van der Waals surface area (Å²) < 4.78 is 18.8. The standard InChI is InChI=1S/C34H45NO6/c1-20-13-14-21(2)29(40-31(37)35-15-9-11-22-10-7-8-12-26(22)35)34(38)18-27(36)24(28-25(16-20)32(28,3)4)17-23-19-39-33(5,6)41-30(23)34/h7-8,10,12,14,17,20,24-25,28-30,38H,9,11,13,15-16,18-19H2,1-6H3/b21-14-/t20-,24+,25+,28-,29-,30+,34+/m0/s1. The minimum Gasteiger partial charge on any atom is -0.438 e. The first-order valence-corrected chi connectivity index (χ1v) is 15.3. The molecule has 1 aromatic carbocycles. The maximum atomic E-state index is 14.2. The van der Waals surface area contributed by atoms with Gasteiger partial charge in [0.1, 0.15) is 17.5 Å². The van der Waals surface area contributed by atoms with Crippen LogP contribution in [-0.4, -0.2) is 53.7 Å². The third-order valence-electron chi connectivity index (χ3n) is 10.4. The van der Waals surface area contributed by atoms with Gasteiger partial charge in [-0.2, -0.15) is 0 Å². The predicted molar refractivity (Wildman–Crippen MR) is 156 cm³/mol. The molecule has 3 aliphatic carbocycles. The lowest BCUT2D eigenvalue weighted by Gasteiger charge is -2.47. The van der Waals surface area contributed by atoms with Gasteiger partial charge in [-0.25, -0.2) is 4.79 Å². The Bertz CT molecular complexity index is 1300. The molecule has 1 amide bonds. The van der Waals surface area contributed by atoms with E-state index >= 15 is 0 Å². The summed E-state index contributed by atoms with van der Waals surface area (Å²) >= 11 is 0. The fraction of sp³-hybridized carbons (Fsp3) is 0.647. The van der Waals surface area contributed by atoms with E-state index in [0.717, 1.165) is 48.1 Å². The van der Waals surface area contributed by atoms with Crippen molar-refractivity contribution in [3.8, 4) is 0 Å². The molecule has 0 aromatic heterocycles. The van der Waals surface area contributed by atoms with E-state index in [0.29, 0.717) is 18.4 Å². The van der Waals surface area contributed by atoms with Gasteiger partial charge in [-0.05, 0) is 92.4 Å². The molecule has 0 spiro atoms. The molecule has 1 aromatic rings. The van der Waals surface area contributed by atoms with Crippen molar-refractivity contribution >= 4 is 17.6 Å². The molecule has 6 rings (SSSR count). The summed E-state index contributed by atoms with van der Waals surface area (Å²) in [6, 6.07) is 7.88. The van der Waals surface area contributed by atoms with Crippen LogP contribution >= 0.6 is 0 Å². The molecule has 2 bridgehead atoms. The Morgan fingerprint density at radius 1 is 1.17 bits per heavy atom. The summed E-state index contributed by atoms with van der Waals surface area (Å²) in [5.74, 6) is -0.324. The minimum atomic E-state index is -1.79. The summed E-state index contributed by atoms with van der Waals surface area (Å²) in [7, 11) is 0. The number of fused-ring (bicyclic) bond motifs is 8. The SMILES string of the molecule is C/C1=C/C[C@H](C)C[C@@H]2[C@H]([C@@H]3C=C4COC(C)(C)O[C@H]4[C@@](O)(CC3=O)[C@H]1OC(=O)N1CCCc3ccccc31)C2(C)C. The first kappa shape index (κ1) is 28.6. The molecule has 7 nitrogen and oxygen atoms in total. The quantitative estimate of drug-likeness (QED) is 0.423. The number of rotatable bonds is 1. The summed E-state index contributed by atoms with van der Waals surface area (Å²) in [6.07, 6.45) is 5.08. The predicted octanol–water partition coefficient (Wildman–Crippen LogP) is 5.99. The number of ketones is 1. The molecule has 2 fully saturated rings. The van der Waals surface area contributed by atoms with E-state index in [4.69, 9.17) is 14.2 Å². The zero-order valence-electron chi connectivity index (χ0n) is 25.3. The zero-order valence-corrected chi connectivity index (χ0v) is 25.3. The highest BCUT2D eigenvalue weighted by atomic mass is 16.7. The fourth-order valence-electron chi connectivity index (χ4n) is 8.08. The number of para-hydroxylation sites is 1. The van der Waals surface area contributed by atoms with E-state index in [2.05, 4.69) is 26.8 Å². The first-order chi connectivity index (χ1) is 19.3. The molecular weight excluding hydrogens is 518 g/mol. The number of benzene rings is 1. The summed E-state index contributed by atoms with van der Waals surface area (Å²) in [6.45, 7) is 13.1. The number of Topliss-reactive ketones (excluding diaryl/α,β-unsaturated/α-hetero) is 1. The van der Waals surface area contributed by atoms with Gasteiger partial charge in [-0.3, -0.25) is 9.69 Å². The van der Waals surface area contributed by atoms with Crippen molar-refractivity contribution in [1.82, 2.24) is 0 Å². The highest BCUT2D eigenvalue weighted by molar-refractivity contribution is 5.90. The summed E-state index contributed by atoms with van der Waals surface area (Å²) in [5.41, 5.74) is 1.67. The summed E-state index contributed by atoms with van der Waals surface area (Å²) in [4.78, 5) is 29.8. The van der Waals surface area contributed by atoms with E-state index in [1.807, 2.05) is 51.1 Å². The molecule has 5 aliphatic rings. The van der Waals surface area contributed by atoms with Crippen LogP contribution in [0.2, 0.25) is 0 Å². The number of allylic oxidation sites excluding steroid dienone is 2. The number of aryl methyl sites for hydroxylation is 1. The largest absolute Gasteiger partial charge is 0.438 e. The third-order valence-corrected chi connectivity index (χ3v) is 10.4. The zero-order chi connectivity index (χ0) is 29.3. The molecule has 1 saturated carbocycles. The first-order valence-electron chi connectivity index (χ1n) is 15.3. The van der Waals surface area contributed by atoms with Gasteiger partial charge >= 0.3 is 6.09 Å². The molecule has 1 N–H and O–H groups in total. The van der Waals surface area contributed by atoms with Crippen LogP contribution in [0.15, 0.2) is 47.6 Å². The van der Waals surface area contributed by atoms with E-state index in [-0.39, 0.29) is 36.1 Å². The topological polar surface area (TPSA) is 85.3 Å². The van der Waals surface area contributed by atoms with E-state index in [1.54, 1.807) is 4.90 Å². The second-order valence-corrected chi connectivity index (χ2v) is 14.2. The minimum absolute atomic E-state index is 0.0261. The van der Waals surface area contributed by atoms with Crippen molar-refractivity contribution in [2.45, 2.75) is 97.2 Å². The van der Waals surface area contributed by atoms with Gasteiger partial charge in [0.15, 0.2) is 11.9 Å². The number of carbonyl (C=O) groups excluding carboxylic acids is 2. The summed E-state index contributed by atoms with van der Waals surface area (Å²) in [5, 5.41) is 12.8. The molecule has 2 heterocycles. The monoisotopic (exact) mass is 563 g/mol. The maximum absolute atomic E-state index is 14.2. The van der Waals surface area contributed by atoms with Crippen LogP contribution in [0.4, 0.5) is 10.5 Å². The molecule has 7 heteroatoms. The Morgan fingerprint density at radius 3 is 2.71 bits per heavy atom. The molecule has 1 saturated heterocycles. The van der Waals surface area contributed by atoms with Gasteiger partial charge < -0.3 is 19.3 Å². The second-order valence-electron chi connectivity index (χ2n) is 14.2. The molecule has 222 valence electrons. The number of nitrogens with zero attached hydrogens (tertiary/aromatic N) is 1. The lowest BCUT2D eigenvalue weighted by molar-refractivity contribution is -0.290. The Morgan fingerprint density at radius 2 is 1.93 bits per heavy atom. The number of anilines is 1. The second kappa shape index (κ2) is 10.1. The number of ether oxygens (including phenoxy) is 3. The van der Waals surface area contributed by atoms with Crippen molar-refractivity contribution < 1.29 is 28.9 Å². The van der Waals surface area contributed by atoms with Crippen molar-refractivity contribution in [2.24, 2.45) is 29.1 Å². The van der Waals surface area contributed by atoms with Gasteiger partial charge in [0.05, 0.1) is 12.3 Å². The number of hydrogen-bond donors (Lipinski definition) is 1. The van der Waals surface area contributed by atoms with Gasteiger partial charge in [0.2, 0.25) is 0 Å². The average molecular weight is 564 g/mol. The number of carbonyl (C=O) groups is 2. The molecule has 41 heavy (non-hydrogen) atoms. The smallest absolute Gasteiger partial charge is 0.414 e. The van der Waals surface area contributed by atoms with Gasteiger partial charge in [0, 0.05) is 18.9 Å². The van der Waals surface area contributed by atoms with Crippen LogP contribution in [0.25, 0.3) is 0 Å². The normalized spacial score (nSPS) is 38.9. The van der Waals surface area contributed by atoms with Crippen LogP contribution in [0, 0.1) is 29.1 Å². The number of aliphatic hydroxyl groups is 1. The van der Waals surface area contributed by atoms with Crippen LogP contribution in [0.3, 0.4) is 0 Å². The molecule has 0 unspecified atom stereocenters. The van der Waals surface area contributed by atoms with Crippen molar-refractivity contribution in [3.05, 3.63) is 53.1 Å². The van der Waals surface area contributed by atoms with E-state index in [9.17, 15) is 14.7 Å². The lowest BCUT2D eigenvalue weighted by atomic mass is 9.78. The Hall–Kier alpha value is -2.48. The van der Waals surface area contributed by atoms with Gasteiger partial charge in [-0.1, -0.05) is 51.1 Å². The Kier molecular flexibility index (Phi) is 7.03. The van der Waals surface area contributed by atoms with Crippen molar-refractivity contribution in [1.29, 1.82) is 0 Å². The van der Waals surface area contributed by atoms with E-state index in [1.165, 1.54) is 0 Å². The molecule has 7 atom stereocenters. The highest BCUT2D eigenvalue weighted by Gasteiger charge is 2.64. The molecular formula is C34H45NO6. The third kappa shape index (κ3) is 4.98. The van der Waals surface area contributed by atoms with Crippen molar-refractivity contribution in [3.63, 3.8) is 0 Å². The van der Waals surface area contributed by atoms with E-state index < -0.39 is 29.7 Å². The molecule has 0 radical (unpaired) electrons. The van der Waals surface area contributed by atoms with Crippen LogP contribution < -0.4 is 4.90 Å². The van der Waals surface area contributed by atoms with Crippen LogP contribution in [0.5, 0.6) is 0 Å². The number of hydrogen-bond acceptors (Lipinski definition) is 6. The molecule has 2 aliphatic heterocycles. The van der Waals surface area contributed by atoms with Crippen LogP contribution in [-0.2, 0) is 25.4 Å². The number of amides is 1. The van der Waals surface area contributed by atoms with Gasteiger partial charge in [-0.15, -0.1) is 0 Å². The highest BCUT2D eigenvalue weighted by Crippen LogP contribution is 2.65. The maximum Gasteiger partial charge on any atom is 0.414 e.